The number of hydrogen-bond acceptors (Lipinski definition) is 4. The van der Waals surface area contributed by atoms with Crippen molar-refractivity contribution < 1.29 is 19.4 Å². The van der Waals surface area contributed by atoms with Crippen LogP contribution in [-0.4, -0.2) is 29.1 Å². The lowest BCUT2D eigenvalue weighted by Crippen LogP contribution is -2.41. The van der Waals surface area contributed by atoms with Crippen LogP contribution in [0, 0.1) is 0 Å². The van der Waals surface area contributed by atoms with Gasteiger partial charge in [0.2, 0.25) is 0 Å². The summed E-state index contributed by atoms with van der Waals surface area (Å²) >= 11 is 0. The summed E-state index contributed by atoms with van der Waals surface area (Å²) in [6.45, 7) is 3.47. The summed E-state index contributed by atoms with van der Waals surface area (Å²) in [5.74, 6) is -0.859. The van der Waals surface area contributed by atoms with Crippen LogP contribution < -0.4 is 5.32 Å². The van der Waals surface area contributed by atoms with E-state index >= 15 is 0 Å². The third-order valence-electron chi connectivity index (χ3n) is 3.85. The van der Waals surface area contributed by atoms with Gasteiger partial charge in [-0.2, -0.15) is 0 Å². The Balaban J connectivity index is 1.79. The smallest absolute Gasteiger partial charge is 0.338 e. The highest BCUT2D eigenvalue weighted by Crippen LogP contribution is 2.11. The fraction of sp³-hybridized carbons (Fsp3) is 0.300. The Morgan fingerprint density at radius 1 is 1.04 bits per heavy atom. The molecule has 5 heteroatoms. The summed E-state index contributed by atoms with van der Waals surface area (Å²) in [7, 11) is 0. The van der Waals surface area contributed by atoms with Gasteiger partial charge in [-0.1, -0.05) is 30.3 Å². The normalized spacial score (nSPS) is 12.9. The topological polar surface area (TPSA) is 75.6 Å². The minimum atomic E-state index is -0.888. The fourth-order valence-electron chi connectivity index (χ4n) is 2.34. The minimum absolute atomic E-state index is 0.0254. The molecule has 0 aliphatic rings. The van der Waals surface area contributed by atoms with Gasteiger partial charge in [0.05, 0.1) is 5.56 Å². The number of phenolic OH excluding ortho intramolecular Hbond substituents is 1. The zero-order chi connectivity index (χ0) is 18.2. The maximum Gasteiger partial charge on any atom is 0.338 e. The highest BCUT2D eigenvalue weighted by molar-refractivity contribution is 5.92. The average Bonchev–Trinajstić information content (AvgIpc) is 2.61. The maximum atomic E-state index is 12.2. The molecule has 2 aromatic carbocycles. The zero-order valence-corrected chi connectivity index (χ0v) is 14.4. The van der Waals surface area contributed by atoms with Crippen LogP contribution in [0.4, 0.5) is 0 Å². The van der Waals surface area contributed by atoms with E-state index in [1.165, 1.54) is 36.8 Å². The highest BCUT2D eigenvalue weighted by atomic mass is 16.5. The van der Waals surface area contributed by atoms with E-state index in [1.807, 2.05) is 25.1 Å². The molecule has 0 aliphatic carbocycles. The third-order valence-corrected chi connectivity index (χ3v) is 3.85. The van der Waals surface area contributed by atoms with Crippen molar-refractivity contribution in [3.05, 3.63) is 65.7 Å². The van der Waals surface area contributed by atoms with E-state index in [1.54, 1.807) is 0 Å². The molecule has 2 rings (SSSR count). The van der Waals surface area contributed by atoms with Crippen molar-refractivity contribution in [2.45, 2.75) is 38.8 Å². The molecule has 0 saturated carbocycles. The van der Waals surface area contributed by atoms with Gasteiger partial charge in [0, 0.05) is 6.04 Å². The predicted octanol–water partition coefficient (Wildman–Crippen LogP) is 3.08. The number of aromatic hydroxyl groups is 1. The second kappa shape index (κ2) is 8.87. The first-order valence-electron chi connectivity index (χ1n) is 8.30. The van der Waals surface area contributed by atoms with Crippen molar-refractivity contribution in [3.8, 4) is 5.75 Å². The number of nitrogens with one attached hydrogen (secondary N) is 1. The number of carbonyl (C=O) groups is 2. The molecule has 25 heavy (non-hydrogen) atoms. The van der Waals surface area contributed by atoms with Crippen LogP contribution >= 0.6 is 0 Å². The Kier molecular flexibility index (Phi) is 6.57. The lowest BCUT2D eigenvalue weighted by molar-refractivity contribution is -0.129. The first kappa shape index (κ1) is 18.5. The number of phenols is 1. The number of hydrogen-bond donors (Lipinski definition) is 2. The van der Waals surface area contributed by atoms with Crippen LogP contribution in [0.15, 0.2) is 54.6 Å². The van der Waals surface area contributed by atoms with Crippen molar-refractivity contribution in [1.82, 2.24) is 5.32 Å². The van der Waals surface area contributed by atoms with Gasteiger partial charge in [0.25, 0.3) is 5.91 Å². The summed E-state index contributed by atoms with van der Waals surface area (Å²) in [5.41, 5.74) is 1.50. The first-order chi connectivity index (χ1) is 12.0. The first-order valence-corrected chi connectivity index (χ1v) is 8.30. The molecule has 0 fully saturated rings. The van der Waals surface area contributed by atoms with Gasteiger partial charge in [-0.05, 0) is 56.5 Å². The molecule has 0 bridgehead atoms. The van der Waals surface area contributed by atoms with Crippen LogP contribution in [0.1, 0.15) is 36.2 Å². The van der Waals surface area contributed by atoms with Crippen LogP contribution in [-0.2, 0) is 16.0 Å². The van der Waals surface area contributed by atoms with Gasteiger partial charge in [0.1, 0.15) is 5.75 Å². The Bertz CT molecular complexity index is 697. The molecule has 2 aromatic rings. The van der Waals surface area contributed by atoms with E-state index in [-0.39, 0.29) is 23.3 Å². The monoisotopic (exact) mass is 341 g/mol. The zero-order valence-electron chi connectivity index (χ0n) is 14.4. The fourth-order valence-corrected chi connectivity index (χ4v) is 2.34. The van der Waals surface area contributed by atoms with Gasteiger partial charge < -0.3 is 15.2 Å². The van der Waals surface area contributed by atoms with E-state index in [0.717, 1.165) is 12.8 Å². The molecule has 0 aliphatic heterocycles. The molecule has 132 valence electrons. The number of amides is 1. The highest BCUT2D eigenvalue weighted by Gasteiger charge is 2.20. The molecular weight excluding hydrogens is 318 g/mol. The van der Waals surface area contributed by atoms with Crippen molar-refractivity contribution in [2.75, 3.05) is 0 Å². The van der Waals surface area contributed by atoms with Crippen molar-refractivity contribution in [2.24, 2.45) is 0 Å². The number of aryl methyl sites for hydroxylation is 1. The van der Waals surface area contributed by atoms with Crippen LogP contribution in [0.2, 0.25) is 0 Å². The van der Waals surface area contributed by atoms with Gasteiger partial charge in [0.15, 0.2) is 6.10 Å². The van der Waals surface area contributed by atoms with Gasteiger partial charge in [-0.3, -0.25) is 4.79 Å². The number of esters is 1. The lowest BCUT2D eigenvalue weighted by Gasteiger charge is -2.18. The van der Waals surface area contributed by atoms with Crippen LogP contribution in [0.3, 0.4) is 0 Å². The Morgan fingerprint density at radius 2 is 1.68 bits per heavy atom. The molecule has 5 nitrogen and oxygen atoms in total. The van der Waals surface area contributed by atoms with Crippen LogP contribution in [0.5, 0.6) is 5.75 Å². The SMILES string of the molecule is C[C@@H](CCc1ccccc1)NC(=O)[C@@H](C)OC(=O)c1ccc(O)cc1. The van der Waals surface area contributed by atoms with E-state index in [9.17, 15) is 14.7 Å². The van der Waals surface area contributed by atoms with Gasteiger partial charge in [-0.25, -0.2) is 4.79 Å². The summed E-state index contributed by atoms with van der Waals surface area (Å²) in [6, 6.07) is 15.7. The second-order valence-electron chi connectivity index (χ2n) is 6.03. The number of ether oxygens (including phenoxy) is 1. The number of benzene rings is 2. The summed E-state index contributed by atoms with van der Waals surface area (Å²) in [6.07, 6.45) is 0.777. The van der Waals surface area contributed by atoms with E-state index < -0.39 is 12.1 Å². The molecule has 0 spiro atoms. The van der Waals surface area contributed by atoms with Crippen molar-refractivity contribution in [1.29, 1.82) is 0 Å². The molecule has 1 amide bonds. The number of rotatable bonds is 7. The largest absolute Gasteiger partial charge is 0.508 e. The van der Waals surface area contributed by atoms with Gasteiger partial charge in [-0.15, -0.1) is 0 Å². The third kappa shape index (κ3) is 5.95. The predicted molar refractivity (Wildman–Crippen MR) is 95.4 cm³/mol. The molecule has 2 N–H and O–H groups in total. The Labute approximate surface area is 147 Å². The molecular formula is C20H23NO4. The second-order valence-corrected chi connectivity index (χ2v) is 6.03. The number of carbonyl (C=O) groups excluding carboxylic acids is 2. The van der Waals surface area contributed by atoms with E-state index in [0.29, 0.717) is 0 Å². The van der Waals surface area contributed by atoms with E-state index in [4.69, 9.17) is 4.74 Å². The molecule has 2 atom stereocenters. The molecule has 0 radical (unpaired) electrons. The Hall–Kier alpha value is -2.82. The van der Waals surface area contributed by atoms with Gasteiger partial charge >= 0.3 is 5.97 Å². The average molecular weight is 341 g/mol. The lowest BCUT2D eigenvalue weighted by atomic mass is 10.1. The van der Waals surface area contributed by atoms with Crippen molar-refractivity contribution >= 4 is 11.9 Å². The summed E-state index contributed by atoms with van der Waals surface area (Å²) in [4.78, 5) is 24.1. The molecule has 0 unspecified atom stereocenters. The standard InChI is InChI=1S/C20H23NO4/c1-14(8-9-16-6-4-3-5-7-16)21-19(23)15(2)25-20(24)17-10-12-18(22)13-11-17/h3-7,10-15,22H,8-9H2,1-2H3,(H,21,23)/t14-,15+/m0/s1. The molecule has 0 saturated heterocycles. The van der Waals surface area contributed by atoms with E-state index in [2.05, 4.69) is 17.4 Å². The summed E-state index contributed by atoms with van der Waals surface area (Å²) < 4.78 is 5.17. The van der Waals surface area contributed by atoms with Crippen molar-refractivity contribution in [3.63, 3.8) is 0 Å². The maximum absolute atomic E-state index is 12.2. The Morgan fingerprint density at radius 3 is 2.32 bits per heavy atom. The molecule has 0 aromatic heterocycles. The summed E-state index contributed by atoms with van der Waals surface area (Å²) in [5, 5.41) is 12.1. The van der Waals surface area contributed by atoms with Crippen LogP contribution in [0.25, 0.3) is 0 Å². The molecule has 0 heterocycles. The minimum Gasteiger partial charge on any atom is -0.508 e. The quantitative estimate of drug-likeness (QED) is 0.759.